The number of hydrogen-bond donors (Lipinski definition) is 1. The number of methoxy groups -OCH3 is 1. The smallest absolute Gasteiger partial charge is 0.337 e. The van der Waals surface area contributed by atoms with Crippen molar-refractivity contribution in [2.24, 2.45) is 0 Å². The van der Waals surface area contributed by atoms with Crippen molar-refractivity contribution in [1.82, 2.24) is 14.9 Å². The van der Waals surface area contributed by atoms with Crippen molar-refractivity contribution in [2.75, 3.05) is 26.0 Å². The summed E-state index contributed by atoms with van der Waals surface area (Å²) in [6.07, 6.45) is 1.87. The maximum Gasteiger partial charge on any atom is 0.337 e. The third kappa shape index (κ3) is 4.71. The molecule has 1 N–H and O–H groups in total. The molecule has 0 bridgehead atoms. The first kappa shape index (κ1) is 20.3. The van der Waals surface area contributed by atoms with Crippen molar-refractivity contribution in [3.63, 3.8) is 0 Å². The summed E-state index contributed by atoms with van der Waals surface area (Å²) >= 11 is 1.39. The van der Waals surface area contributed by atoms with Crippen molar-refractivity contribution in [3.8, 4) is 0 Å². The average Bonchev–Trinajstić information content (AvgIpc) is 3.20. The molecule has 9 heteroatoms. The van der Waals surface area contributed by atoms with E-state index in [2.05, 4.69) is 10.3 Å². The SMILES string of the molecule is COC(=O)c1ccc2c(=O)n(C[C@H]3CCCO3)c(SCCNC(C)=O)nc2c1. The van der Waals surface area contributed by atoms with Gasteiger partial charge in [-0.15, -0.1) is 0 Å². The Morgan fingerprint density at radius 1 is 1.43 bits per heavy atom. The molecule has 8 nitrogen and oxygen atoms in total. The summed E-state index contributed by atoms with van der Waals surface area (Å²) in [4.78, 5) is 40.6. The molecule has 2 heterocycles. The summed E-state index contributed by atoms with van der Waals surface area (Å²) in [6.45, 7) is 3.06. The number of amides is 1. The largest absolute Gasteiger partial charge is 0.465 e. The van der Waals surface area contributed by atoms with Crippen molar-refractivity contribution >= 4 is 34.5 Å². The quantitative estimate of drug-likeness (QED) is 0.323. The Balaban J connectivity index is 1.96. The zero-order valence-electron chi connectivity index (χ0n) is 15.9. The highest BCUT2D eigenvalue weighted by molar-refractivity contribution is 7.99. The predicted octanol–water partition coefficient (Wildman–Crippen LogP) is 1.59. The fourth-order valence-electron chi connectivity index (χ4n) is 3.08. The van der Waals surface area contributed by atoms with Gasteiger partial charge in [0.25, 0.3) is 5.56 Å². The summed E-state index contributed by atoms with van der Waals surface area (Å²) in [5.74, 6) is -0.0154. The fourth-order valence-corrected chi connectivity index (χ4v) is 3.94. The van der Waals surface area contributed by atoms with E-state index in [0.29, 0.717) is 47.1 Å². The maximum absolute atomic E-state index is 13.1. The molecule has 0 unspecified atom stereocenters. The van der Waals surface area contributed by atoms with Crippen LogP contribution in [0, 0.1) is 0 Å². The number of thioether (sulfide) groups is 1. The van der Waals surface area contributed by atoms with Gasteiger partial charge >= 0.3 is 5.97 Å². The van der Waals surface area contributed by atoms with Crippen molar-refractivity contribution in [2.45, 2.75) is 37.6 Å². The van der Waals surface area contributed by atoms with E-state index in [4.69, 9.17) is 9.47 Å². The average molecular weight is 405 g/mol. The molecule has 1 aromatic heterocycles. The molecule has 1 aliphatic heterocycles. The second-order valence-electron chi connectivity index (χ2n) is 6.50. The van der Waals surface area contributed by atoms with Crippen LogP contribution in [0.3, 0.4) is 0 Å². The number of nitrogens with zero attached hydrogens (tertiary/aromatic N) is 2. The van der Waals surface area contributed by atoms with Crippen LogP contribution in [0.15, 0.2) is 28.2 Å². The molecule has 1 amide bonds. The minimum Gasteiger partial charge on any atom is -0.465 e. The maximum atomic E-state index is 13.1. The number of aromatic nitrogens is 2. The first-order valence-corrected chi connectivity index (χ1v) is 10.1. The van der Waals surface area contributed by atoms with E-state index in [1.807, 2.05) is 0 Å². The highest BCUT2D eigenvalue weighted by Crippen LogP contribution is 2.21. The number of esters is 1. The van der Waals surface area contributed by atoms with Gasteiger partial charge in [0, 0.05) is 25.8 Å². The van der Waals surface area contributed by atoms with E-state index in [-0.39, 0.29) is 17.6 Å². The van der Waals surface area contributed by atoms with Gasteiger partial charge < -0.3 is 14.8 Å². The molecular weight excluding hydrogens is 382 g/mol. The molecular formula is C19H23N3O5S. The van der Waals surface area contributed by atoms with Gasteiger partial charge in [-0.1, -0.05) is 11.8 Å². The predicted molar refractivity (Wildman–Crippen MR) is 106 cm³/mol. The second-order valence-corrected chi connectivity index (χ2v) is 7.56. The van der Waals surface area contributed by atoms with E-state index in [1.54, 1.807) is 22.8 Å². The Labute approximate surface area is 166 Å². The van der Waals surface area contributed by atoms with Crippen molar-refractivity contribution in [1.29, 1.82) is 0 Å². The molecule has 0 aliphatic carbocycles. The first-order chi connectivity index (χ1) is 13.5. The lowest BCUT2D eigenvalue weighted by Gasteiger charge is -2.16. The Morgan fingerprint density at radius 3 is 2.93 bits per heavy atom. The third-order valence-electron chi connectivity index (χ3n) is 4.46. The van der Waals surface area contributed by atoms with Crippen LogP contribution in [-0.4, -0.2) is 53.5 Å². The zero-order chi connectivity index (χ0) is 20.1. The molecule has 1 saturated heterocycles. The number of ether oxygens (including phenoxy) is 2. The van der Waals surface area contributed by atoms with Crippen molar-refractivity contribution in [3.05, 3.63) is 34.1 Å². The molecule has 1 aliphatic rings. The molecule has 0 spiro atoms. The van der Waals surface area contributed by atoms with Crippen LogP contribution in [-0.2, 0) is 20.8 Å². The summed E-state index contributed by atoms with van der Waals surface area (Å²) in [5, 5.41) is 3.71. The second kappa shape index (κ2) is 9.20. The van der Waals surface area contributed by atoms with Crippen LogP contribution >= 0.6 is 11.8 Å². The zero-order valence-corrected chi connectivity index (χ0v) is 16.7. The molecule has 1 fully saturated rings. The lowest BCUT2D eigenvalue weighted by atomic mass is 10.1. The van der Waals surface area contributed by atoms with Gasteiger partial charge in [-0.2, -0.15) is 0 Å². The van der Waals surface area contributed by atoms with E-state index >= 15 is 0 Å². The van der Waals surface area contributed by atoms with Gasteiger partial charge in [0.1, 0.15) is 0 Å². The number of carbonyl (C=O) groups excluding carboxylic acids is 2. The number of benzene rings is 1. The minimum absolute atomic E-state index is 0.0130. The number of fused-ring (bicyclic) bond motifs is 1. The first-order valence-electron chi connectivity index (χ1n) is 9.11. The van der Waals surface area contributed by atoms with Crippen LogP contribution in [0.5, 0.6) is 0 Å². The molecule has 1 aromatic carbocycles. The van der Waals surface area contributed by atoms with Gasteiger partial charge in [0.2, 0.25) is 5.91 Å². The summed E-state index contributed by atoms with van der Waals surface area (Å²) in [7, 11) is 1.31. The third-order valence-corrected chi connectivity index (χ3v) is 5.44. The lowest BCUT2D eigenvalue weighted by molar-refractivity contribution is -0.118. The summed E-state index contributed by atoms with van der Waals surface area (Å²) < 4.78 is 12.1. The molecule has 2 aromatic rings. The van der Waals surface area contributed by atoms with E-state index in [1.165, 1.54) is 25.8 Å². The van der Waals surface area contributed by atoms with Gasteiger partial charge in [-0.3, -0.25) is 14.2 Å². The van der Waals surface area contributed by atoms with Gasteiger partial charge in [-0.25, -0.2) is 9.78 Å². The number of nitrogens with one attached hydrogen (secondary N) is 1. The topological polar surface area (TPSA) is 99.5 Å². The number of carbonyl (C=O) groups is 2. The molecule has 0 saturated carbocycles. The monoisotopic (exact) mass is 405 g/mol. The fraction of sp³-hybridized carbons (Fsp3) is 0.474. The van der Waals surface area contributed by atoms with E-state index < -0.39 is 5.97 Å². The lowest BCUT2D eigenvalue weighted by Crippen LogP contribution is -2.29. The van der Waals surface area contributed by atoms with Crippen LogP contribution < -0.4 is 10.9 Å². The van der Waals surface area contributed by atoms with Crippen LogP contribution in [0.2, 0.25) is 0 Å². The van der Waals surface area contributed by atoms with Gasteiger partial charge in [0.05, 0.1) is 36.2 Å². The molecule has 150 valence electrons. The standard InChI is InChI=1S/C19H23N3O5S/c1-12(23)20-7-9-28-19-21-16-10-13(18(25)26-2)5-6-15(16)17(24)22(19)11-14-4-3-8-27-14/h5-6,10,14H,3-4,7-9,11H2,1-2H3,(H,20,23)/t14-/m1/s1. The molecule has 28 heavy (non-hydrogen) atoms. The van der Waals surface area contributed by atoms with Crippen LogP contribution in [0.1, 0.15) is 30.1 Å². The van der Waals surface area contributed by atoms with Gasteiger partial charge in [-0.05, 0) is 31.0 Å². The molecule has 3 rings (SSSR count). The Kier molecular flexibility index (Phi) is 6.69. The summed E-state index contributed by atoms with van der Waals surface area (Å²) in [5.41, 5.74) is 0.616. The van der Waals surface area contributed by atoms with Crippen LogP contribution in [0.4, 0.5) is 0 Å². The van der Waals surface area contributed by atoms with E-state index in [0.717, 1.165) is 12.8 Å². The van der Waals surface area contributed by atoms with E-state index in [9.17, 15) is 14.4 Å². The van der Waals surface area contributed by atoms with Crippen molar-refractivity contribution < 1.29 is 19.1 Å². The Hall–Kier alpha value is -2.39. The van der Waals surface area contributed by atoms with Crippen LogP contribution in [0.25, 0.3) is 10.9 Å². The number of rotatable bonds is 7. The highest BCUT2D eigenvalue weighted by Gasteiger charge is 2.20. The molecule has 1 atom stereocenters. The normalized spacial score (nSPS) is 16.3. The highest BCUT2D eigenvalue weighted by atomic mass is 32.2. The molecule has 0 radical (unpaired) electrons. The van der Waals surface area contributed by atoms with Gasteiger partial charge in [0.15, 0.2) is 5.16 Å². The summed E-state index contributed by atoms with van der Waals surface area (Å²) in [6, 6.07) is 4.74. The Morgan fingerprint density at radius 2 is 2.25 bits per heavy atom. The minimum atomic E-state index is -0.480. The Bertz CT molecular complexity index is 937. The number of hydrogen-bond acceptors (Lipinski definition) is 7.